The molecule has 10 heteroatoms. The number of nitrogens with one attached hydrogen (secondary N) is 1. The third-order valence-corrected chi connectivity index (χ3v) is 4.35. The summed E-state index contributed by atoms with van der Waals surface area (Å²) < 4.78 is 14.4. The summed E-state index contributed by atoms with van der Waals surface area (Å²) in [6.07, 6.45) is 1.14. The molecule has 3 rings (SSSR count). The molecule has 1 heterocycles. The van der Waals surface area contributed by atoms with Crippen LogP contribution in [-0.2, 0) is 0 Å². The van der Waals surface area contributed by atoms with Crippen molar-refractivity contribution in [1.29, 1.82) is 0 Å². The van der Waals surface area contributed by atoms with E-state index in [0.717, 1.165) is 16.8 Å². The van der Waals surface area contributed by atoms with Gasteiger partial charge in [0.25, 0.3) is 5.56 Å². The van der Waals surface area contributed by atoms with Crippen molar-refractivity contribution in [3.63, 3.8) is 0 Å². The zero-order valence-electron chi connectivity index (χ0n) is 14.0. The highest BCUT2D eigenvalue weighted by molar-refractivity contribution is 7.71. The number of aliphatic imine (C=N–C) groups is 1. The molecule has 0 bridgehead atoms. The summed E-state index contributed by atoms with van der Waals surface area (Å²) in [6.45, 7) is 0. The van der Waals surface area contributed by atoms with Gasteiger partial charge in [-0.2, -0.15) is 0 Å². The van der Waals surface area contributed by atoms with Gasteiger partial charge < -0.3 is 10.8 Å². The summed E-state index contributed by atoms with van der Waals surface area (Å²) in [7, 11) is 0. The number of aromatic hydroxyl groups is 1. The van der Waals surface area contributed by atoms with Crippen molar-refractivity contribution in [3.8, 4) is 11.6 Å². The number of hydrogen-bond donors (Lipinski definition) is 3. The standard InChI is InChI=1S/C18H12ClFN4O3S/c19-13-7-11(5-6-14(13)20)24-17(27)12(16(26)23-18(24)28)8-22-10-3-1-9(2-4-10)15(21)25/h1-8,27H,(H2,21,25)(H,23,26,28). The van der Waals surface area contributed by atoms with Crippen LogP contribution in [-0.4, -0.2) is 26.8 Å². The number of primary amides is 1. The lowest BCUT2D eigenvalue weighted by atomic mass is 10.2. The number of carbonyl (C=O) groups is 1. The smallest absolute Gasteiger partial charge is 0.264 e. The predicted octanol–water partition coefficient (Wildman–Crippen LogP) is 3.24. The molecule has 0 saturated heterocycles. The largest absolute Gasteiger partial charge is 0.494 e. The van der Waals surface area contributed by atoms with Crippen LogP contribution in [0.4, 0.5) is 10.1 Å². The molecule has 0 aliphatic rings. The van der Waals surface area contributed by atoms with Crippen molar-refractivity contribution in [3.05, 3.63) is 79.6 Å². The summed E-state index contributed by atoms with van der Waals surface area (Å²) in [6, 6.07) is 9.72. The summed E-state index contributed by atoms with van der Waals surface area (Å²) in [4.78, 5) is 29.8. The summed E-state index contributed by atoms with van der Waals surface area (Å²) >= 11 is 10.9. The van der Waals surface area contributed by atoms with E-state index in [1.165, 1.54) is 36.4 Å². The third kappa shape index (κ3) is 3.85. The molecule has 0 saturated carbocycles. The van der Waals surface area contributed by atoms with Crippen molar-refractivity contribution in [2.24, 2.45) is 10.7 Å². The summed E-state index contributed by atoms with van der Waals surface area (Å²) in [5.41, 5.74) is 5.32. The Hall–Kier alpha value is -3.30. The highest BCUT2D eigenvalue weighted by Gasteiger charge is 2.14. The zero-order chi connectivity index (χ0) is 20.4. The molecular weight excluding hydrogens is 407 g/mol. The highest BCUT2D eigenvalue weighted by atomic mass is 35.5. The van der Waals surface area contributed by atoms with Gasteiger partial charge in [0.05, 0.1) is 16.4 Å². The van der Waals surface area contributed by atoms with Gasteiger partial charge in [0.1, 0.15) is 11.4 Å². The van der Waals surface area contributed by atoms with Crippen LogP contribution in [0.2, 0.25) is 5.02 Å². The van der Waals surface area contributed by atoms with Gasteiger partial charge >= 0.3 is 0 Å². The van der Waals surface area contributed by atoms with E-state index < -0.39 is 23.2 Å². The van der Waals surface area contributed by atoms with Gasteiger partial charge in [-0.05, 0) is 54.7 Å². The SMILES string of the molecule is NC(=O)c1ccc(N=Cc2c(O)n(-c3ccc(F)c(Cl)c3)c(=S)[nH]c2=O)cc1. The van der Waals surface area contributed by atoms with Gasteiger partial charge in [0.15, 0.2) is 4.77 Å². The maximum atomic E-state index is 13.4. The van der Waals surface area contributed by atoms with E-state index in [2.05, 4.69) is 9.98 Å². The fourth-order valence-electron chi connectivity index (χ4n) is 2.37. The molecular formula is C18H12ClFN4O3S. The lowest BCUT2D eigenvalue weighted by molar-refractivity contribution is 0.100. The molecule has 28 heavy (non-hydrogen) atoms. The van der Waals surface area contributed by atoms with Crippen molar-refractivity contribution in [2.75, 3.05) is 0 Å². The Bertz CT molecular complexity index is 1220. The van der Waals surface area contributed by atoms with Crippen LogP contribution in [0.5, 0.6) is 5.88 Å². The van der Waals surface area contributed by atoms with Crippen molar-refractivity contribution in [2.45, 2.75) is 0 Å². The molecule has 0 aliphatic carbocycles. The average molecular weight is 419 g/mol. The first-order valence-corrected chi connectivity index (χ1v) is 8.54. The molecule has 4 N–H and O–H groups in total. The number of nitrogens with two attached hydrogens (primary N) is 1. The van der Waals surface area contributed by atoms with E-state index in [9.17, 15) is 19.1 Å². The number of rotatable bonds is 4. The van der Waals surface area contributed by atoms with Gasteiger partial charge in [-0.25, -0.2) is 4.39 Å². The molecule has 2 aromatic carbocycles. The van der Waals surface area contributed by atoms with E-state index >= 15 is 0 Å². The fraction of sp³-hybridized carbons (Fsp3) is 0. The third-order valence-electron chi connectivity index (χ3n) is 3.78. The van der Waals surface area contributed by atoms with Crippen molar-refractivity contribution >= 4 is 41.6 Å². The number of aromatic nitrogens is 2. The number of H-pyrrole nitrogens is 1. The van der Waals surface area contributed by atoms with Crippen LogP contribution >= 0.6 is 23.8 Å². The van der Waals surface area contributed by atoms with E-state index in [0.29, 0.717) is 11.3 Å². The second-order valence-corrected chi connectivity index (χ2v) is 6.39. The Kier molecular flexibility index (Phi) is 5.39. The van der Waals surface area contributed by atoms with Crippen LogP contribution in [0.25, 0.3) is 5.69 Å². The normalized spacial score (nSPS) is 11.1. The minimum Gasteiger partial charge on any atom is -0.494 e. The number of amides is 1. The Balaban J connectivity index is 2.06. The minimum absolute atomic E-state index is 0.104. The van der Waals surface area contributed by atoms with Gasteiger partial charge in [-0.15, -0.1) is 0 Å². The zero-order valence-corrected chi connectivity index (χ0v) is 15.6. The van der Waals surface area contributed by atoms with Crippen LogP contribution in [0.1, 0.15) is 15.9 Å². The maximum absolute atomic E-state index is 13.4. The first kappa shape index (κ1) is 19.5. The van der Waals surface area contributed by atoms with Crippen LogP contribution in [0.3, 0.4) is 0 Å². The first-order chi connectivity index (χ1) is 13.3. The van der Waals surface area contributed by atoms with Crippen molar-refractivity contribution in [1.82, 2.24) is 9.55 Å². The predicted molar refractivity (Wildman–Crippen MR) is 106 cm³/mol. The second-order valence-electron chi connectivity index (χ2n) is 5.60. The molecule has 3 aromatic rings. The molecule has 142 valence electrons. The number of benzene rings is 2. The molecule has 7 nitrogen and oxygen atoms in total. The summed E-state index contributed by atoms with van der Waals surface area (Å²) in [5, 5.41) is 10.4. The van der Waals surface area contributed by atoms with Crippen LogP contribution in [0, 0.1) is 10.6 Å². The van der Waals surface area contributed by atoms with Gasteiger partial charge in [-0.3, -0.25) is 24.1 Å². The van der Waals surface area contributed by atoms with Crippen LogP contribution < -0.4 is 11.3 Å². The Morgan fingerprint density at radius 2 is 1.96 bits per heavy atom. The van der Waals surface area contributed by atoms with Gasteiger partial charge in [0.2, 0.25) is 11.8 Å². The number of nitrogens with zero attached hydrogens (tertiary/aromatic N) is 2. The van der Waals surface area contributed by atoms with Gasteiger partial charge in [0, 0.05) is 11.8 Å². The molecule has 0 spiro atoms. The van der Waals surface area contributed by atoms with E-state index in [4.69, 9.17) is 29.6 Å². The maximum Gasteiger partial charge on any atom is 0.264 e. The van der Waals surface area contributed by atoms with E-state index in [-0.39, 0.29) is 21.0 Å². The lowest BCUT2D eigenvalue weighted by Crippen LogP contribution is -2.18. The lowest BCUT2D eigenvalue weighted by Gasteiger charge is -2.11. The van der Waals surface area contributed by atoms with Crippen LogP contribution in [0.15, 0.2) is 52.3 Å². The molecule has 1 aromatic heterocycles. The average Bonchev–Trinajstić information content (AvgIpc) is 2.64. The Morgan fingerprint density at radius 3 is 2.57 bits per heavy atom. The molecule has 0 unspecified atom stereocenters. The molecule has 0 fully saturated rings. The monoisotopic (exact) mass is 418 g/mol. The number of halogens is 2. The molecule has 1 amide bonds. The number of carbonyl (C=O) groups excluding carboxylic acids is 1. The quantitative estimate of drug-likeness (QED) is 0.445. The fourth-order valence-corrected chi connectivity index (χ4v) is 2.83. The minimum atomic E-state index is -0.663. The van der Waals surface area contributed by atoms with E-state index in [1.54, 1.807) is 0 Å². The van der Waals surface area contributed by atoms with Gasteiger partial charge in [-0.1, -0.05) is 11.6 Å². The molecule has 0 aliphatic heterocycles. The summed E-state index contributed by atoms with van der Waals surface area (Å²) in [5.74, 6) is -1.71. The number of hydrogen-bond acceptors (Lipinski definition) is 5. The Morgan fingerprint density at radius 1 is 1.29 bits per heavy atom. The van der Waals surface area contributed by atoms with Crippen molar-refractivity contribution < 1.29 is 14.3 Å². The Labute approximate surface area is 167 Å². The molecule has 0 atom stereocenters. The first-order valence-electron chi connectivity index (χ1n) is 7.75. The number of aromatic amines is 1. The van der Waals surface area contributed by atoms with E-state index in [1.807, 2.05) is 0 Å². The topological polar surface area (TPSA) is 113 Å². The highest BCUT2D eigenvalue weighted by Crippen LogP contribution is 2.23. The molecule has 0 radical (unpaired) electrons. The second kappa shape index (κ2) is 7.75.